The van der Waals surface area contributed by atoms with Crippen molar-refractivity contribution in [2.24, 2.45) is 5.92 Å². The lowest BCUT2D eigenvalue weighted by Crippen LogP contribution is -2.33. The van der Waals surface area contributed by atoms with Gasteiger partial charge in [0.2, 0.25) is 0 Å². The zero-order valence-corrected chi connectivity index (χ0v) is 11.5. The number of hydrogen-bond donors (Lipinski definition) is 2. The highest BCUT2D eigenvalue weighted by molar-refractivity contribution is 5.46. The van der Waals surface area contributed by atoms with Gasteiger partial charge in [0, 0.05) is 18.7 Å². The average molecular weight is 286 g/mol. The number of aliphatic hydroxyl groups is 1. The molecule has 0 amide bonds. The summed E-state index contributed by atoms with van der Waals surface area (Å²) in [7, 11) is 0. The molecule has 6 nitrogen and oxygen atoms in total. The molecule has 2 N–H and O–H groups in total. The third-order valence-corrected chi connectivity index (χ3v) is 2.48. The molecule has 112 valence electrons. The summed E-state index contributed by atoms with van der Waals surface area (Å²) in [4.78, 5) is 10.1. The lowest BCUT2D eigenvalue weighted by molar-refractivity contribution is -0.386. The van der Waals surface area contributed by atoms with Gasteiger partial charge in [-0.25, -0.2) is 4.39 Å². The summed E-state index contributed by atoms with van der Waals surface area (Å²) in [5.41, 5.74) is -0.325. The first kappa shape index (κ1) is 16.3. The molecule has 0 aliphatic rings. The summed E-state index contributed by atoms with van der Waals surface area (Å²) in [6.45, 7) is 4.98. The molecule has 1 aromatic rings. The number of rotatable bonds is 8. The van der Waals surface area contributed by atoms with E-state index in [9.17, 15) is 19.6 Å². The van der Waals surface area contributed by atoms with E-state index in [-0.39, 0.29) is 18.0 Å². The van der Waals surface area contributed by atoms with Crippen LogP contribution in [0.1, 0.15) is 13.8 Å². The van der Waals surface area contributed by atoms with E-state index >= 15 is 0 Å². The van der Waals surface area contributed by atoms with Crippen molar-refractivity contribution in [3.05, 3.63) is 34.1 Å². The Kier molecular flexibility index (Phi) is 6.33. The monoisotopic (exact) mass is 286 g/mol. The Bertz CT molecular complexity index is 454. The largest absolute Gasteiger partial charge is 0.484 e. The van der Waals surface area contributed by atoms with Crippen LogP contribution in [0.4, 0.5) is 10.1 Å². The van der Waals surface area contributed by atoms with Crippen molar-refractivity contribution in [3.8, 4) is 5.75 Å². The van der Waals surface area contributed by atoms with Crippen LogP contribution in [0.15, 0.2) is 18.2 Å². The van der Waals surface area contributed by atoms with Crippen LogP contribution in [0, 0.1) is 21.8 Å². The number of halogens is 1. The van der Waals surface area contributed by atoms with Crippen molar-refractivity contribution in [2.75, 3.05) is 19.7 Å². The van der Waals surface area contributed by atoms with Gasteiger partial charge in [-0.3, -0.25) is 10.1 Å². The van der Waals surface area contributed by atoms with Crippen LogP contribution >= 0.6 is 0 Å². The highest BCUT2D eigenvalue weighted by Crippen LogP contribution is 2.27. The van der Waals surface area contributed by atoms with Crippen LogP contribution < -0.4 is 10.1 Å². The molecule has 0 aromatic heterocycles. The zero-order valence-electron chi connectivity index (χ0n) is 11.5. The summed E-state index contributed by atoms with van der Waals surface area (Å²) in [5.74, 6) is -0.358. The first-order valence-corrected chi connectivity index (χ1v) is 6.35. The van der Waals surface area contributed by atoms with E-state index in [2.05, 4.69) is 5.32 Å². The smallest absolute Gasteiger partial charge is 0.311 e. The predicted octanol–water partition coefficient (Wildman–Crippen LogP) is 1.72. The minimum atomic E-state index is -0.823. The van der Waals surface area contributed by atoms with Crippen LogP contribution in [0.5, 0.6) is 5.75 Å². The van der Waals surface area contributed by atoms with Gasteiger partial charge in [0.15, 0.2) is 5.75 Å². The molecule has 0 heterocycles. The standard InChI is InChI=1S/C13H19FN2O4/c1-9(2)6-15-7-11(17)8-20-13-5-10(14)3-4-12(13)16(18)19/h3-5,9,11,15,17H,6-8H2,1-2H3. The molecule has 1 atom stereocenters. The maximum atomic E-state index is 13.0. The van der Waals surface area contributed by atoms with Gasteiger partial charge >= 0.3 is 5.69 Å². The highest BCUT2D eigenvalue weighted by atomic mass is 19.1. The molecule has 0 radical (unpaired) electrons. The molecular formula is C13H19FN2O4. The van der Waals surface area contributed by atoms with Gasteiger partial charge in [0.25, 0.3) is 0 Å². The second-order valence-corrected chi connectivity index (χ2v) is 4.89. The molecule has 0 saturated carbocycles. The number of benzene rings is 1. The van der Waals surface area contributed by atoms with Gasteiger partial charge in [0.1, 0.15) is 18.5 Å². The van der Waals surface area contributed by atoms with Gasteiger partial charge < -0.3 is 15.2 Å². The van der Waals surface area contributed by atoms with Crippen molar-refractivity contribution in [3.63, 3.8) is 0 Å². The Labute approximate surface area is 116 Å². The lowest BCUT2D eigenvalue weighted by atomic mass is 10.2. The Hall–Kier alpha value is -1.73. The average Bonchev–Trinajstić information content (AvgIpc) is 2.35. The maximum absolute atomic E-state index is 13.0. The van der Waals surface area contributed by atoms with Crippen LogP contribution in [-0.2, 0) is 0 Å². The Morgan fingerprint density at radius 3 is 2.75 bits per heavy atom. The summed E-state index contributed by atoms with van der Waals surface area (Å²) >= 11 is 0. The third kappa shape index (κ3) is 5.50. The number of nitrogens with zero attached hydrogens (tertiary/aromatic N) is 1. The normalized spacial score (nSPS) is 12.4. The molecule has 0 aliphatic carbocycles. The van der Waals surface area contributed by atoms with E-state index in [4.69, 9.17) is 4.74 Å². The first-order chi connectivity index (χ1) is 9.40. The van der Waals surface area contributed by atoms with Gasteiger partial charge in [0.05, 0.1) is 4.92 Å². The van der Waals surface area contributed by atoms with E-state index in [0.717, 1.165) is 24.7 Å². The highest BCUT2D eigenvalue weighted by Gasteiger charge is 2.17. The van der Waals surface area contributed by atoms with Crippen LogP contribution in [0.25, 0.3) is 0 Å². The lowest BCUT2D eigenvalue weighted by Gasteiger charge is -2.14. The molecule has 1 unspecified atom stereocenters. The van der Waals surface area contributed by atoms with Crippen molar-refractivity contribution in [2.45, 2.75) is 20.0 Å². The fourth-order valence-electron chi connectivity index (χ4n) is 1.54. The zero-order chi connectivity index (χ0) is 15.1. The number of nitro groups is 1. The molecule has 7 heteroatoms. The Morgan fingerprint density at radius 1 is 1.45 bits per heavy atom. The molecule has 0 saturated heterocycles. The molecule has 0 fully saturated rings. The van der Waals surface area contributed by atoms with Crippen molar-refractivity contribution >= 4 is 5.69 Å². The molecule has 0 spiro atoms. The van der Waals surface area contributed by atoms with Crippen LogP contribution in [0.2, 0.25) is 0 Å². The third-order valence-electron chi connectivity index (χ3n) is 2.48. The molecule has 20 heavy (non-hydrogen) atoms. The van der Waals surface area contributed by atoms with E-state index in [1.54, 1.807) is 0 Å². The van der Waals surface area contributed by atoms with E-state index < -0.39 is 16.8 Å². The SMILES string of the molecule is CC(C)CNCC(O)COc1cc(F)ccc1[N+](=O)[O-]. The van der Waals surface area contributed by atoms with Crippen LogP contribution in [0.3, 0.4) is 0 Å². The van der Waals surface area contributed by atoms with Crippen LogP contribution in [-0.4, -0.2) is 35.8 Å². The van der Waals surface area contributed by atoms with Crippen molar-refractivity contribution < 1.29 is 19.2 Å². The number of ether oxygens (including phenoxy) is 1. The number of hydrogen-bond acceptors (Lipinski definition) is 5. The van der Waals surface area contributed by atoms with Gasteiger partial charge in [-0.2, -0.15) is 0 Å². The molecular weight excluding hydrogens is 267 g/mol. The van der Waals surface area contributed by atoms with Gasteiger partial charge in [-0.15, -0.1) is 0 Å². The molecule has 0 aliphatic heterocycles. The van der Waals surface area contributed by atoms with Gasteiger partial charge in [-0.05, 0) is 18.5 Å². The second kappa shape index (κ2) is 7.76. The fraction of sp³-hybridized carbons (Fsp3) is 0.538. The molecule has 1 aromatic carbocycles. The maximum Gasteiger partial charge on any atom is 0.311 e. The minimum Gasteiger partial charge on any atom is -0.484 e. The quantitative estimate of drug-likeness (QED) is 0.561. The van der Waals surface area contributed by atoms with Gasteiger partial charge in [-0.1, -0.05) is 13.8 Å². The number of aliphatic hydroxyl groups excluding tert-OH is 1. The Morgan fingerprint density at radius 2 is 2.15 bits per heavy atom. The Balaban J connectivity index is 2.52. The second-order valence-electron chi connectivity index (χ2n) is 4.89. The number of nitrogens with one attached hydrogen (secondary N) is 1. The topological polar surface area (TPSA) is 84.6 Å². The predicted molar refractivity (Wildman–Crippen MR) is 72.3 cm³/mol. The van der Waals surface area contributed by atoms with E-state index in [0.29, 0.717) is 12.5 Å². The number of nitro benzene ring substituents is 1. The summed E-state index contributed by atoms with van der Waals surface area (Å²) in [5, 5.41) is 23.5. The van der Waals surface area contributed by atoms with E-state index in [1.807, 2.05) is 13.8 Å². The minimum absolute atomic E-state index is 0.143. The van der Waals surface area contributed by atoms with Crippen molar-refractivity contribution in [1.82, 2.24) is 5.32 Å². The van der Waals surface area contributed by atoms with Crippen molar-refractivity contribution in [1.29, 1.82) is 0 Å². The first-order valence-electron chi connectivity index (χ1n) is 6.35. The summed E-state index contributed by atoms with van der Waals surface area (Å²) < 4.78 is 18.2. The van der Waals surface area contributed by atoms with E-state index in [1.165, 1.54) is 0 Å². The molecule has 0 bridgehead atoms. The summed E-state index contributed by atoms with van der Waals surface area (Å²) in [6, 6.07) is 2.96. The summed E-state index contributed by atoms with van der Waals surface area (Å²) in [6.07, 6.45) is -0.823. The fourth-order valence-corrected chi connectivity index (χ4v) is 1.54. The molecule has 1 rings (SSSR count).